The zero-order chi connectivity index (χ0) is 11.4. The Morgan fingerprint density at radius 3 is 1.64 bits per heavy atom. The number of halogens is 1. The quantitative estimate of drug-likeness (QED) is 0.510. The van der Waals surface area contributed by atoms with E-state index in [-0.39, 0.29) is 0 Å². The van der Waals surface area contributed by atoms with Crippen molar-refractivity contribution >= 4 is 0 Å². The average Bonchev–Trinajstić information content (AvgIpc) is 2.13. The third-order valence-corrected chi connectivity index (χ3v) is 2.28. The van der Waals surface area contributed by atoms with Crippen LogP contribution in [0.15, 0.2) is 0 Å². The lowest BCUT2D eigenvalue weighted by Crippen LogP contribution is -2.03. The van der Waals surface area contributed by atoms with Crippen LogP contribution >= 0.6 is 0 Å². The summed E-state index contributed by atoms with van der Waals surface area (Å²) >= 11 is 0. The molecule has 0 fully saturated rings. The Morgan fingerprint density at radius 1 is 0.786 bits per heavy atom. The predicted octanol–water partition coefficient (Wildman–Crippen LogP) is 5.37. The van der Waals surface area contributed by atoms with Gasteiger partial charge in [-0.2, -0.15) is 0 Å². The van der Waals surface area contributed by atoms with Crippen molar-refractivity contribution in [2.45, 2.75) is 72.6 Å². The fourth-order valence-corrected chi connectivity index (χ4v) is 1.44. The molecule has 0 aromatic carbocycles. The van der Waals surface area contributed by atoms with Crippen LogP contribution in [0.25, 0.3) is 0 Å². The molecule has 0 rings (SSSR count). The molecule has 0 aliphatic rings. The van der Waals surface area contributed by atoms with Gasteiger partial charge in [-0.05, 0) is 11.8 Å². The van der Waals surface area contributed by atoms with Crippen LogP contribution in [0.3, 0.4) is 0 Å². The molecule has 0 unspecified atom stereocenters. The maximum atomic E-state index is 9.50. The number of hydrogen-bond donors (Lipinski definition) is 0. The zero-order valence-electron chi connectivity index (χ0n) is 10.8. The average molecular weight is 204 g/mol. The Labute approximate surface area is 90.3 Å². The second-order valence-corrected chi connectivity index (χ2v) is 5.08. The van der Waals surface area contributed by atoms with Crippen LogP contribution in [0.5, 0.6) is 0 Å². The van der Waals surface area contributed by atoms with Crippen molar-refractivity contribution < 1.29 is 4.39 Å². The first kappa shape index (κ1) is 16.4. The van der Waals surface area contributed by atoms with Crippen LogP contribution in [0.2, 0.25) is 0 Å². The Hall–Kier alpha value is -0.0700. The van der Waals surface area contributed by atoms with Crippen LogP contribution in [0, 0.1) is 5.41 Å². The van der Waals surface area contributed by atoms with Gasteiger partial charge in [0.2, 0.25) is 0 Å². The summed E-state index contributed by atoms with van der Waals surface area (Å²) in [6, 6.07) is 0. The van der Waals surface area contributed by atoms with E-state index < -0.39 is 0 Å². The van der Waals surface area contributed by atoms with E-state index in [2.05, 4.69) is 27.7 Å². The van der Waals surface area contributed by atoms with Gasteiger partial charge >= 0.3 is 0 Å². The SMILES string of the molecule is CCCCCCCCC(C)(C)C.CF. The molecule has 0 saturated heterocycles. The molecular formula is C13H29F. The number of hydrogen-bond acceptors (Lipinski definition) is 0. The lowest BCUT2D eigenvalue weighted by Gasteiger charge is -2.17. The molecule has 1 heteroatoms. The van der Waals surface area contributed by atoms with Gasteiger partial charge in [-0.25, -0.2) is 0 Å². The van der Waals surface area contributed by atoms with E-state index in [9.17, 15) is 4.39 Å². The largest absolute Gasteiger partial charge is 0.255 e. The van der Waals surface area contributed by atoms with Crippen LogP contribution in [0.4, 0.5) is 4.39 Å². The van der Waals surface area contributed by atoms with Gasteiger partial charge in [-0.3, -0.25) is 4.39 Å². The van der Waals surface area contributed by atoms with Crippen LogP contribution in [0.1, 0.15) is 72.6 Å². The summed E-state index contributed by atoms with van der Waals surface area (Å²) in [7, 11) is 0.500. The highest BCUT2D eigenvalue weighted by Gasteiger charge is 2.08. The maximum Gasteiger partial charge on any atom is 0.0785 e. The number of rotatable bonds is 6. The normalized spacial score (nSPS) is 10.7. The first-order valence-corrected chi connectivity index (χ1v) is 5.94. The van der Waals surface area contributed by atoms with Gasteiger partial charge in [0.1, 0.15) is 0 Å². The van der Waals surface area contributed by atoms with E-state index in [0.29, 0.717) is 12.6 Å². The van der Waals surface area contributed by atoms with Crippen molar-refractivity contribution in [3.05, 3.63) is 0 Å². The topological polar surface area (TPSA) is 0 Å². The number of alkyl halides is 1. The molecule has 0 nitrogen and oxygen atoms in total. The van der Waals surface area contributed by atoms with E-state index in [1.165, 1.54) is 44.9 Å². The Morgan fingerprint density at radius 2 is 1.21 bits per heavy atom. The maximum absolute atomic E-state index is 9.50. The van der Waals surface area contributed by atoms with E-state index in [0.717, 1.165) is 0 Å². The fourth-order valence-electron chi connectivity index (χ4n) is 1.44. The van der Waals surface area contributed by atoms with Gasteiger partial charge in [0.25, 0.3) is 0 Å². The van der Waals surface area contributed by atoms with Crippen molar-refractivity contribution in [1.29, 1.82) is 0 Å². The standard InChI is InChI=1S/C12H26.CH3F/c1-5-6-7-8-9-10-11-12(2,3)4;1-2/h5-11H2,1-4H3;1H3. The predicted molar refractivity (Wildman–Crippen MR) is 64.5 cm³/mol. The molecule has 0 atom stereocenters. The summed E-state index contributed by atoms with van der Waals surface area (Å²) in [4.78, 5) is 0. The molecule has 0 saturated carbocycles. The molecule has 0 aromatic heterocycles. The fraction of sp³-hybridized carbons (Fsp3) is 1.00. The van der Waals surface area contributed by atoms with Crippen LogP contribution in [-0.2, 0) is 0 Å². The van der Waals surface area contributed by atoms with Gasteiger partial charge in [0, 0.05) is 0 Å². The van der Waals surface area contributed by atoms with Gasteiger partial charge in [0.15, 0.2) is 0 Å². The molecule has 88 valence electrons. The molecule has 0 aromatic rings. The Bertz CT molecular complexity index is 91.9. The first-order valence-electron chi connectivity index (χ1n) is 5.94. The molecular weight excluding hydrogens is 175 g/mol. The van der Waals surface area contributed by atoms with E-state index in [1.54, 1.807) is 0 Å². The molecule has 0 bridgehead atoms. The lowest BCUT2D eigenvalue weighted by molar-refractivity contribution is 0.356. The van der Waals surface area contributed by atoms with E-state index in [1.807, 2.05) is 0 Å². The van der Waals surface area contributed by atoms with Gasteiger partial charge in [-0.15, -0.1) is 0 Å². The van der Waals surface area contributed by atoms with Gasteiger partial charge in [-0.1, -0.05) is 66.2 Å². The van der Waals surface area contributed by atoms with Crippen molar-refractivity contribution in [3.8, 4) is 0 Å². The highest BCUT2D eigenvalue weighted by Crippen LogP contribution is 2.22. The highest BCUT2D eigenvalue weighted by molar-refractivity contribution is 4.60. The Kier molecular flexibility index (Phi) is 12.9. The molecule has 0 radical (unpaired) electrons. The summed E-state index contributed by atoms with van der Waals surface area (Å²) in [5, 5.41) is 0. The Balaban J connectivity index is 0. The van der Waals surface area contributed by atoms with Crippen molar-refractivity contribution in [3.63, 3.8) is 0 Å². The summed E-state index contributed by atoms with van der Waals surface area (Å²) < 4.78 is 9.50. The number of unbranched alkanes of at least 4 members (excludes halogenated alkanes) is 5. The summed E-state index contributed by atoms with van der Waals surface area (Å²) in [6.45, 7) is 9.27. The minimum Gasteiger partial charge on any atom is -0.255 e. The van der Waals surface area contributed by atoms with Gasteiger partial charge in [0.05, 0.1) is 7.18 Å². The second kappa shape index (κ2) is 11.0. The van der Waals surface area contributed by atoms with Crippen molar-refractivity contribution in [1.82, 2.24) is 0 Å². The third kappa shape index (κ3) is 17.9. The third-order valence-electron chi connectivity index (χ3n) is 2.28. The minimum atomic E-state index is 0.500. The first-order chi connectivity index (χ1) is 6.56. The molecule has 0 amide bonds. The summed E-state index contributed by atoms with van der Waals surface area (Å²) in [5.74, 6) is 0. The minimum absolute atomic E-state index is 0.500. The summed E-state index contributed by atoms with van der Waals surface area (Å²) in [6.07, 6.45) is 9.93. The monoisotopic (exact) mass is 204 g/mol. The van der Waals surface area contributed by atoms with E-state index in [4.69, 9.17) is 0 Å². The molecule has 0 N–H and O–H groups in total. The van der Waals surface area contributed by atoms with Crippen molar-refractivity contribution in [2.24, 2.45) is 5.41 Å². The molecule has 0 aliphatic carbocycles. The second-order valence-electron chi connectivity index (χ2n) is 5.08. The molecule has 0 aliphatic heterocycles. The van der Waals surface area contributed by atoms with E-state index >= 15 is 0 Å². The lowest BCUT2D eigenvalue weighted by atomic mass is 9.89. The molecule has 0 spiro atoms. The molecule has 14 heavy (non-hydrogen) atoms. The van der Waals surface area contributed by atoms with Crippen molar-refractivity contribution in [2.75, 3.05) is 7.18 Å². The van der Waals surface area contributed by atoms with Crippen LogP contribution in [-0.4, -0.2) is 7.18 Å². The zero-order valence-corrected chi connectivity index (χ0v) is 10.8. The summed E-state index contributed by atoms with van der Waals surface area (Å²) in [5.41, 5.74) is 0.546. The molecule has 0 heterocycles. The highest BCUT2D eigenvalue weighted by atomic mass is 19.1. The van der Waals surface area contributed by atoms with Crippen LogP contribution < -0.4 is 0 Å². The van der Waals surface area contributed by atoms with Gasteiger partial charge < -0.3 is 0 Å². The smallest absolute Gasteiger partial charge is 0.0785 e.